The van der Waals surface area contributed by atoms with E-state index >= 15 is 0 Å². The van der Waals surface area contributed by atoms with Crippen molar-refractivity contribution in [2.75, 3.05) is 27.2 Å². The molecule has 1 saturated heterocycles. The van der Waals surface area contributed by atoms with Crippen LogP contribution in [0, 0.1) is 17.7 Å². The van der Waals surface area contributed by atoms with Gasteiger partial charge in [0.15, 0.2) is 0 Å². The summed E-state index contributed by atoms with van der Waals surface area (Å²) >= 11 is 0. The Kier molecular flexibility index (Phi) is 7.38. The molecule has 0 spiro atoms. The number of benzene rings is 1. The molecule has 0 N–H and O–H groups in total. The Labute approximate surface area is 138 Å². The third-order valence-corrected chi connectivity index (χ3v) is 3.80. The summed E-state index contributed by atoms with van der Waals surface area (Å²) in [6.07, 6.45) is 5.16. The van der Waals surface area contributed by atoms with E-state index in [-0.39, 0.29) is 18.0 Å². The van der Waals surface area contributed by atoms with Crippen LogP contribution in [0.2, 0.25) is 0 Å². The summed E-state index contributed by atoms with van der Waals surface area (Å²) in [7, 11) is 4.10. The Hall–Kier alpha value is -1.57. The van der Waals surface area contributed by atoms with Gasteiger partial charge in [-0.05, 0) is 57.6 Å². The Balaban J connectivity index is 1.80. The van der Waals surface area contributed by atoms with E-state index in [1.807, 2.05) is 14.1 Å². The number of rotatable bonds is 5. The Morgan fingerprint density at radius 1 is 1.22 bits per heavy atom. The minimum absolute atomic E-state index is 0.00137. The van der Waals surface area contributed by atoms with Gasteiger partial charge in [-0.1, -0.05) is 18.3 Å². The van der Waals surface area contributed by atoms with Gasteiger partial charge in [-0.2, -0.15) is 0 Å². The lowest BCUT2D eigenvalue weighted by Gasteiger charge is -2.19. The van der Waals surface area contributed by atoms with E-state index in [1.54, 1.807) is 12.1 Å². The first-order valence-electron chi connectivity index (χ1n) is 8.30. The molecular formula is C19H26FNO2. The van der Waals surface area contributed by atoms with Crippen LogP contribution in [-0.4, -0.2) is 44.4 Å². The highest BCUT2D eigenvalue weighted by Gasteiger charge is 2.19. The molecule has 1 heterocycles. The van der Waals surface area contributed by atoms with Gasteiger partial charge in [-0.3, -0.25) is 0 Å². The van der Waals surface area contributed by atoms with Crippen molar-refractivity contribution in [1.29, 1.82) is 0 Å². The maximum atomic E-state index is 12.9. The second kappa shape index (κ2) is 9.54. The average molecular weight is 319 g/mol. The van der Waals surface area contributed by atoms with Gasteiger partial charge < -0.3 is 14.4 Å². The van der Waals surface area contributed by atoms with Crippen LogP contribution in [0.4, 0.5) is 4.39 Å². The van der Waals surface area contributed by atoms with Gasteiger partial charge in [0.2, 0.25) is 0 Å². The Bertz CT molecular complexity index is 518. The molecule has 23 heavy (non-hydrogen) atoms. The van der Waals surface area contributed by atoms with Gasteiger partial charge in [0.05, 0.1) is 6.10 Å². The highest BCUT2D eigenvalue weighted by Crippen LogP contribution is 2.20. The van der Waals surface area contributed by atoms with Crippen molar-refractivity contribution in [3.05, 3.63) is 30.1 Å². The summed E-state index contributed by atoms with van der Waals surface area (Å²) in [4.78, 5) is 2.13. The molecular weight excluding hydrogens is 293 g/mol. The van der Waals surface area contributed by atoms with E-state index in [1.165, 1.54) is 12.1 Å². The van der Waals surface area contributed by atoms with E-state index in [0.29, 0.717) is 12.4 Å². The van der Waals surface area contributed by atoms with E-state index < -0.39 is 0 Å². The van der Waals surface area contributed by atoms with Crippen molar-refractivity contribution in [2.45, 2.75) is 44.3 Å². The fourth-order valence-electron chi connectivity index (χ4n) is 2.48. The number of hydrogen-bond donors (Lipinski definition) is 0. The molecule has 1 aromatic carbocycles. The molecule has 0 radical (unpaired) electrons. The summed E-state index contributed by atoms with van der Waals surface area (Å²) in [5.74, 6) is 6.88. The van der Waals surface area contributed by atoms with Crippen LogP contribution in [0.25, 0.3) is 0 Å². The minimum Gasteiger partial charge on any atom is -0.491 e. The van der Waals surface area contributed by atoms with Crippen LogP contribution in [0.1, 0.15) is 32.1 Å². The lowest BCUT2D eigenvalue weighted by Crippen LogP contribution is -2.25. The lowest BCUT2D eigenvalue weighted by molar-refractivity contribution is -0.00471. The van der Waals surface area contributed by atoms with Crippen molar-refractivity contribution in [3.63, 3.8) is 0 Å². The van der Waals surface area contributed by atoms with Gasteiger partial charge in [0.1, 0.15) is 24.3 Å². The second-order valence-corrected chi connectivity index (χ2v) is 6.17. The van der Waals surface area contributed by atoms with Gasteiger partial charge in [-0.25, -0.2) is 4.39 Å². The lowest BCUT2D eigenvalue weighted by atomic mass is 10.1. The fourth-order valence-corrected chi connectivity index (χ4v) is 2.48. The highest BCUT2D eigenvalue weighted by molar-refractivity contribution is 5.22. The van der Waals surface area contributed by atoms with Crippen LogP contribution in [-0.2, 0) is 4.74 Å². The summed E-state index contributed by atoms with van der Waals surface area (Å²) in [6.45, 7) is 1.46. The maximum absolute atomic E-state index is 12.9. The minimum atomic E-state index is -0.254. The zero-order chi connectivity index (χ0) is 16.5. The number of halogens is 1. The van der Waals surface area contributed by atoms with Crippen LogP contribution in [0.3, 0.4) is 0 Å². The van der Waals surface area contributed by atoms with Crippen LogP contribution in [0.15, 0.2) is 24.3 Å². The summed E-state index contributed by atoms with van der Waals surface area (Å²) in [5.41, 5.74) is 0. The molecule has 1 fully saturated rings. The molecule has 3 nitrogen and oxygen atoms in total. The average Bonchev–Trinajstić information content (AvgIpc) is 2.76. The maximum Gasteiger partial charge on any atom is 0.123 e. The van der Waals surface area contributed by atoms with Crippen molar-refractivity contribution < 1.29 is 13.9 Å². The molecule has 2 atom stereocenters. The van der Waals surface area contributed by atoms with Crippen molar-refractivity contribution in [3.8, 4) is 17.6 Å². The van der Waals surface area contributed by atoms with Gasteiger partial charge in [0, 0.05) is 13.0 Å². The first-order valence-corrected chi connectivity index (χ1v) is 8.30. The summed E-state index contributed by atoms with van der Waals surface area (Å²) in [5, 5.41) is 0. The molecule has 0 bridgehead atoms. The third-order valence-electron chi connectivity index (χ3n) is 3.80. The molecule has 0 amide bonds. The number of hydrogen-bond acceptors (Lipinski definition) is 3. The van der Waals surface area contributed by atoms with Crippen LogP contribution in [0.5, 0.6) is 5.75 Å². The largest absolute Gasteiger partial charge is 0.491 e. The van der Waals surface area contributed by atoms with Crippen molar-refractivity contribution in [1.82, 2.24) is 4.90 Å². The molecule has 0 aliphatic carbocycles. The van der Waals surface area contributed by atoms with Gasteiger partial charge >= 0.3 is 0 Å². The molecule has 1 aliphatic heterocycles. The Morgan fingerprint density at radius 3 is 2.70 bits per heavy atom. The smallest absolute Gasteiger partial charge is 0.123 e. The van der Waals surface area contributed by atoms with Gasteiger partial charge in [-0.15, -0.1) is 0 Å². The summed E-state index contributed by atoms with van der Waals surface area (Å²) in [6, 6.07) is 6.10. The van der Waals surface area contributed by atoms with Crippen LogP contribution < -0.4 is 4.74 Å². The van der Waals surface area contributed by atoms with Crippen molar-refractivity contribution in [2.24, 2.45) is 0 Å². The SMILES string of the molecule is CN(C)CCC#CC1CCCCC(COc2ccc(F)cc2)O1. The number of nitrogens with zero attached hydrogens (tertiary/aromatic N) is 1. The van der Waals surface area contributed by atoms with Crippen LogP contribution >= 0.6 is 0 Å². The molecule has 1 aromatic rings. The molecule has 0 saturated carbocycles. The highest BCUT2D eigenvalue weighted by atomic mass is 19.1. The zero-order valence-corrected chi connectivity index (χ0v) is 14.1. The molecule has 4 heteroatoms. The monoisotopic (exact) mass is 319 g/mol. The topological polar surface area (TPSA) is 21.7 Å². The quantitative estimate of drug-likeness (QED) is 0.776. The first-order chi connectivity index (χ1) is 11.1. The van der Waals surface area contributed by atoms with E-state index in [2.05, 4.69) is 16.7 Å². The second-order valence-electron chi connectivity index (χ2n) is 6.17. The van der Waals surface area contributed by atoms with Crippen molar-refractivity contribution >= 4 is 0 Å². The third kappa shape index (κ3) is 7.02. The molecule has 2 rings (SSSR count). The predicted molar refractivity (Wildman–Crippen MR) is 90.0 cm³/mol. The number of ether oxygens (including phenoxy) is 2. The molecule has 0 aromatic heterocycles. The molecule has 1 aliphatic rings. The normalized spacial score (nSPS) is 21.4. The van der Waals surface area contributed by atoms with Gasteiger partial charge in [0.25, 0.3) is 0 Å². The standard InChI is InChI=1S/C19H26FNO2/c1-21(2)14-6-5-8-18-7-3-4-9-19(23-18)15-22-17-12-10-16(20)11-13-17/h10-13,18-19H,3-4,6-7,9,14-15H2,1-2H3. The Morgan fingerprint density at radius 2 is 1.96 bits per heavy atom. The van der Waals surface area contributed by atoms with E-state index in [4.69, 9.17) is 9.47 Å². The molecule has 2 unspecified atom stereocenters. The molecule has 126 valence electrons. The fraction of sp³-hybridized carbons (Fsp3) is 0.579. The summed E-state index contributed by atoms with van der Waals surface area (Å²) < 4.78 is 24.7. The zero-order valence-electron chi connectivity index (χ0n) is 14.1. The van der Waals surface area contributed by atoms with E-state index in [0.717, 1.165) is 38.6 Å². The first kappa shape index (κ1) is 17.8. The van der Waals surface area contributed by atoms with E-state index in [9.17, 15) is 4.39 Å². The predicted octanol–water partition coefficient (Wildman–Crippen LogP) is 3.49.